The summed E-state index contributed by atoms with van der Waals surface area (Å²) >= 11 is 0. The maximum Gasteiger partial charge on any atom is 0.0826 e. The molecule has 2 aliphatic rings. The minimum atomic E-state index is 0.399. The number of nitrogens with one attached hydrogen (secondary N) is 1. The van der Waals surface area contributed by atoms with E-state index >= 15 is 0 Å². The van der Waals surface area contributed by atoms with Gasteiger partial charge in [-0.15, -0.1) is 0 Å². The van der Waals surface area contributed by atoms with Gasteiger partial charge in [-0.2, -0.15) is 0 Å². The first-order valence-electron chi connectivity index (χ1n) is 6.78. The third-order valence-electron chi connectivity index (χ3n) is 4.03. The fourth-order valence-corrected chi connectivity index (χ4v) is 3.01. The van der Waals surface area contributed by atoms with Crippen molar-refractivity contribution >= 4 is 0 Å². The summed E-state index contributed by atoms with van der Waals surface area (Å²) in [7, 11) is 2.26. The first kappa shape index (κ1) is 12.3. The van der Waals surface area contributed by atoms with Crippen molar-refractivity contribution in [2.24, 2.45) is 5.92 Å². The fourth-order valence-electron chi connectivity index (χ4n) is 3.01. The zero-order chi connectivity index (χ0) is 11.4. The van der Waals surface area contributed by atoms with Crippen LogP contribution in [-0.2, 0) is 4.74 Å². The number of hydrogen-bond donors (Lipinski definition) is 1. The second kappa shape index (κ2) is 5.99. The molecule has 2 rings (SSSR count). The Morgan fingerprint density at radius 2 is 2.25 bits per heavy atom. The van der Waals surface area contributed by atoms with Crippen LogP contribution in [0.25, 0.3) is 0 Å². The van der Waals surface area contributed by atoms with Gasteiger partial charge < -0.3 is 15.0 Å². The summed E-state index contributed by atoms with van der Waals surface area (Å²) in [5.41, 5.74) is 0. The van der Waals surface area contributed by atoms with E-state index in [-0.39, 0.29) is 0 Å². The molecule has 3 atom stereocenters. The number of rotatable bonds is 3. The van der Waals surface area contributed by atoms with E-state index in [9.17, 15) is 0 Å². The standard InChI is InChI=1S/C13H26N2O/c1-11-4-3-5-12(8-11)15(2)10-13-9-14-6-7-16-13/h11-14H,3-10H2,1-2H3. The van der Waals surface area contributed by atoms with E-state index in [4.69, 9.17) is 4.74 Å². The van der Waals surface area contributed by atoms with E-state index in [0.717, 1.165) is 38.2 Å². The Morgan fingerprint density at radius 3 is 2.94 bits per heavy atom. The highest BCUT2D eigenvalue weighted by molar-refractivity contribution is 4.80. The van der Waals surface area contributed by atoms with E-state index in [1.54, 1.807) is 0 Å². The molecule has 2 fully saturated rings. The summed E-state index contributed by atoms with van der Waals surface area (Å²) in [6.07, 6.45) is 5.97. The smallest absolute Gasteiger partial charge is 0.0826 e. The number of likely N-dealkylation sites (N-methyl/N-ethyl adjacent to an activating group) is 1. The molecule has 0 radical (unpaired) electrons. The molecule has 3 unspecified atom stereocenters. The molecule has 0 bridgehead atoms. The average Bonchev–Trinajstić information content (AvgIpc) is 2.30. The molecule has 94 valence electrons. The first-order chi connectivity index (χ1) is 7.75. The zero-order valence-corrected chi connectivity index (χ0v) is 10.7. The van der Waals surface area contributed by atoms with Crippen LogP contribution in [0.4, 0.5) is 0 Å². The number of hydrogen-bond acceptors (Lipinski definition) is 3. The predicted octanol–water partition coefficient (Wildman–Crippen LogP) is 1.49. The summed E-state index contributed by atoms with van der Waals surface area (Å²) < 4.78 is 5.76. The van der Waals surface area contributed by atoms with Crippen LogP contribution in [0.5, 0.6) is 0 Å². The molecular weight excluding hydrogens is 200 g/mol. The van der Waals surface area contributed by atoms with Crippen LogP contribution in [0, 0.1) is 5.92 Å². The maximum absolute atomic E-state index is 5.76. The third kappa shape index (κ3) is 3.44. The maximum atomic E-state index is 5.76. The van der Waals surface area contributed by atoms with E-state index in [0.29, 0.717) is 6.10 Å². The van der Waals surface area contributed by atoms with Gasteiger partial charge in [-0.1, -0.05) is 19.8 Å². The van der Waals surface area contributed by atoms with Crippen LogP contribution in [0.1, 0.15) is 32.6 Å². The average molecular weight is 226 g/mol. The van der Waals surface area contributed by atoms with Crippen molar-refractivity contribution in [1.82, 2.24) is 10.2 Å². The molecule has 16 heavy (non-hydrogen) atoms. The van der Waals surface area contributed by atoms with Gasteiger partial charge in [0.15, 0.2) is 0 Å². The summed E-state index contributed by atoms with van der Waals surface area (Å²) in [4.78, 5) is 2.52. The molecule has 1 aliphatic heterocycles. The molecule has 1 saturated heterocycles. The molecule has 0 aromatic heterocycles. The molecule has 1 saturated carbocycles. The zero-order valence-electron chi connectivity index (χ0n) is 10.7. The van der Waals surface area contributed by atoms with Crippen molar-refractivity contribution in [2.45, 2.75) is 44.8 Å². The van der Waals surface area contributed by atoms with Crippen LogP contribution >= 0.6 is 0 Å². The number of morpholine rings is 1. The summed E-state index contributed by atoms with van der Waals surface area (Å²) in [5, 5.41) is 3.40. The second-order valence-corrected chi connectivity index (χ2v) is 5.56. The normalized spacial score (nSPS) is 36.6. The lowest BCUT2D eigenvalue weighted by Gasteiger charge is -2.36. The van der Waals surface area contributed by atoms with Gasteiger partial charge in [0, 0.05) is 25.7 Å². The van der Waals surface area contributed by atoms with Crippen LogP contribution in [0.3, 0.4) is 0 Å². The van der Waals surface area contributed by atoms with Crippen molar-refractivity contribution < 1.29 is 4.74 Å². The lowest BCUT2D eigenvalue weighted by atomic mass is 9.86. The van der Waals surface area contributed by atoms with Crippen LogP contribution in [0.15, 0.2) is 0 Å². The van der Waals surface area contributed by atoms with Gasteiger partial charge >= 0.3 is 0 Å². The minimum absolute atomic E-state index is 0.399. The highest BCUT2D eigenvalue weighted by Gasteiger charge is 2.24. The predicted molar refractivity (Wildman–Crippen MR) is 66.7 cm³/mol. The molecule has 3 heteroatoms. The van der Waals surface area contributed by atoms with E-state index in [1.165, 1.54) is 25.7 Å². The second-order valence-electron chi connectivity index (χ2n) is 5.56. The van der Waals surface area contributed by atoms with Gasteiger partial charge in [-0.05, 0) is 25.8 Å². The van der Waals surface area contributed by atoms with E-state index < -0.39 is 0 Å². The topological polar surface area (TPSA) is 24.5 Å². The lowest BCUT2D eigenvalue weighted by Crippen LogP contribution is -2.47. The molecule has 0 amide bonds. The Balaban J connectivity index is 1.75. The van der Waals surface area contributed by atoms with Gasteiger partial charge in [-0.3, -0.25) is 0 Å². The Hall–Kier alpha value is -0.120. The number of ether oxygens (including phenoxy) is 1. The van der Waals surface area contributed by atoms with Crippen LogP contribution in [0.2, 0.25) is 0 Å². The molecule has 1 N–H and O–H groups in total. The van der Waals surface area contributed by atoms with Crippen molar-refractivity contribution in [1.29, 1.82) is 0 Å². The number of nitrogens with zero attached hydrogens (tertiary/aromatic N) is 1. The lowest BCUT2D eigenvalue weighted by molar-refractivity contribution is -0.00207. The van der Waals surface area contributed by atoms with Gasteiger partial charge in [0.2, 0.25) is 0 Å². The Kier molecular flexibility index (Phi) is 4.62. The highest BCUT2D eigenvalue weighted by atomic mass is 16.5. The van der Waals surface area contributed by atoms with Gasteiger partial charge in [0.25, 0.3) is 0 Å². The molecule has 1 heterocycles. The fraction of sp³-hybridized carbons (Fsp3) is 1.00. The monoisotopic (exact) mass is 226 g/mol. The minimum Gasteiger partial charge on any atom is -0.374 e. The van der Waals surface area contributed by atoms with Crippen LogP contribution < -0.4 is 5.32 Å². The van der Waals surface area contributed by atoms with Crippen molar-refractivity contribution in [3.63, 3.8) is 0 Å². The largest absolute Gasteiger partial charge is 0.374 e. The van der Waals surface area contributed by atoms with Crippen LogP contribution in [-0.4, -0.2) is 50.3 Å². The van der Waals surface area contributed by atoms with E-state index in [2.05, 4.69) is 24.2 Å². The Morgan fingerprint density at radius 1 is 1.38 bits per heavy atom. The molecule has 1 aliphatic carbocycles. The van der Waals surface area contributed by atoms with Crippen molar-refractivity contribution in [2.75, 3.05) is 33.3 Å². The SMILES string of the molecule is CC1CCCC(N(C)CC2CNCCO2)C1. The summed E-state index contributed by atoms with van der Waals surface area (Å²) in [5.74, 6) is 0.909. The van der Waals surface area contributed by atoms with Crippen molar-refractivity contribution in [3.05, 3.63) is 0 Å². The first-order valence-corrected chi connectivity index (χ1v) is 6.78. The molecule has 0 aromatic carbocycles. The Bertz CT molecular complexity index is 204. The molecule has 3 nitrogen and oxygen atoms in total. The summed E-state index contributed by atoms with van der Waals surface area (Å²) in [6.45, 7) is 6.38. The van der Waals surface area contributed by atoms with E-state index in [1.807, 2.05) is 0 Å². The summed E-state index contributed by atoms with van der Waals surface area (Å²) in [6, 6.07) is 0.786. The van der Waals surface area contributed by atoms with Gasteiger partial charge in [-0.25, -0.2) is 0 Å². The molecular formula is C13H26N2O. The van der Waals surface area contributed by atoms with Gasteiger partial charge in [0.1, 0.15) is 0 Å². The van der Waals surface area contributed by atoms with Crippen molar-refractivity contribution in [3.8, 4) is 0 Å². The molecule has 0 aromatic rings. The third-order valence-corrected chi connectivity index (χ3v) is 4.03. The highest BCUT2D eigenvalue weighted by Crippen LogP contribution is 2.26. The Labute approximate surface area is 99.5 Å². The quantitative estimate of drug-likeness (QED) is 0.789. The van der Waals surface area contributed by atoms with Gasteiger partial charge in [0.05, 0.1) is 12.7 Å². The molecule has 0 spiro atoms.